The maximum atomic E-state index is 12.4. The number of thiazole rings is 1. The van der Waals surface area contributed by atoms with E-state index in [1.807, 2.05) is 24.3 Å². The molecule has 0 aliphatic heterocycles. The lowest BCUT2D eigenvalue weighted by atomic mass is 9.94. The molecule has 0 aliphatic rings. The normalized spacial score (nSPS) is 11.3. The Bertz CT molecular complexity index is 1100. The average molecular weight is 518 g/mol. The van der Waals surface area contributed by atoms with Gasteiger partial charge in [-0.05, 0) is 24.1 Å². The summed E-state index contributed by atoms with van der Waals surface area (Å²) in [7, 11) is 1.37. The number of thioether (sulfide) groups is 1. The molecule has 188 valence electrons. The lowest BCUT2D eigenvalue weighted by Crippen LogP contribution is -2.14. The Hall–Kier alpha value is -2.85. The first-order valence-electron chi connectivity index (χ1n) is 11.3. The van der Waals surface area contributed by atoms with E-state index in [4.69, 9.17) is 9.15 Å². The minimum absolute atomic E-state index is 0.0498. The molecule has 0 fully saturated rings. The standard InChI is InChI=1S/C25H31N3O5S2/c1-25(2,3)19-15-26-21(33-19)11-13-34-23-16-27-24(35-23)28-20(29)14-17-7-9-18(10-8-17)32-12-5-6-22(30)31-4/h7-10,15-16H,5-6,11-14H2,1-4H3,(H,27,28,29). The average Bonchev–Trinajstić information content (AvgIpc) is 3.47. The third-order valence-corrected chi connectivity index (χ3v) is 7.00. The second kappa shape index (κ2) is 12.7. The molecule has 0 radical (unpaired) electrons. The van der Waals surface area contributed by atoms with E-state index in [1.54, 1.807) is 24.2 Å². The first kappa shape index (κ1) is 26.7. The third-order valence-electron chi connectivity index (χ3n) is 4.89. The highest BCUT2D eigenvalue weighted by atomic mass is 32.2. The van der Waals surface area contributed by atoms with Crippen molar-refractivity contribution in [1.29, 1.82) is 0 Å². The van der Waals surface area contributed by atoms with Gasteiger partial charge in [-0.3, -0.25) is 9.59 Å². The number of aromatic nitrogens is 2. The number of carbonyl (C=O) groups excluding carboxylic acids is 2. The van der Waals surface area contributed by atoms with Crippen molar-refractivity contribution in [2.75, 3.05) is 24.8 Å². The number of methoxy groups -OCH3 is 1. The Morgan fingerprint density at radius 1 is 1.14 bits per heavy atom. The number of aryl methyl sites for hydroxylation is 1. The quantitative estimate of drug-likeness (QED) is 0.197. The van der Waals surface area contributed by atoms with Gasteiger partial charge in [0.05, 0.1) is 36.7 Å². The second-order valence-electron chi connectivity index (χ2n) is 8.85. The molecule has 0 saturated carbocycles. The number of nitrogens with zero attached hydrogens (tertiary/aromatic N) is 2. The Labute approximate surface area is 213 Å². The van der Waals surface area contributed by atoms with Gasteiger partial charge < -0.3 is 19.2 Å². The van der Waals surface area contributed by atoms with Crippen LogP contribution in [0.2, 0.25) is 0 Å². The minimum Gasteiger partial charge on any atom is -0.494 e. The van der Waals surface area contributed by atoms with E-state index in [2.05, 4.69) is 40.8 Å². The molecular formula is C25H31N3O5S2. The van der Waals surface area contributed by atoms with Crippen molar-refractivity contribution in [3.05, 3.63) is 53.9 Å². The molecular weight excluding hydrogens is 486 g/mol. The lowest BCUT2D eigenvalue weighted by molar-refractivity contribution is -0.140. The summed E-state index contributed by atoms with van der Waals surface area (Å²) in [4.78, 5) is 32.2. The topological polar surface area (TPSA) is 104 Å². The fourth-order valence-corrected chi connectivity index (χ4v) is 4.85. The van der Waals surface area contributed by atoms with Crippen LogP contribution < -0.4 is 10.1 Å². The van der Waals surface area contributed by atoms with Crippen LogP contribution in [0, 0.1) is 0 Å². The van der Waals surface area contributed by atoms with Gasteiger partial charge in [0.1, 0.15) is 11.5 Å². The second-order valence-corrected chi connectivity index (χ2v) is 11.3. The Morgan fingerprint density at radius 2 is 1.91 bits per heavy atom. The van der Waals surface area contributed by atoms with E-state index in [0.29, 0.717) is 30.3 Å². The molecule has 3 rings (SSSR count). The van der Waals surface area contributed by atoms with Crippen LogP contribution >= 0.6 is 23.1 Å². The van der Waals surface area contributed by atoms with Gasteiger partial charge in [0, 0.05) is 24.0 Å². The van der Waals surface area contributed by atoms with Crippen molar-refractivity contribution >= 4 is 40.1 Å². The van der Waals surface area contributed by atoms with Crippen molar-refractivity contribution in [2.45, 2.75) is 56.1 Å². The van der Waals surface area contributed by atoms with E-state index in [1.165, 1.54) is 18.4 Å². The fourth-order valence-electron chi connectivity index (χ4n) is 2.96. The molecule has 0 bridgehead atoms. The maximum Gasteiger partial charge on any atom is 0.305 e. The van der Waals surface area contributed by atoms with Crippen LogP contribution in [0.5, 0.6) is 5.75 Å². The van der Waals surface area contributed by atoms with Crippen LogP contribution in [0.15, 0.2) is 45.3 Å². The van der Waals surface area contributed by atoms with Gasteiger partial charge in [-0.25, -0.2) is 9.97 Å². The Morgan fingerprint density at radius 3 is 2.60 bits per heavy atom. The van der Waals surface area contributed by atoms with Crippen LogP contribution in [0.1, 0.15) is 50.8 Å². The third kappa shape index (κ3) is 9.03. The SMILES string of the molecule is COC(=O)CCCOc1ccc(CC(=O)Nc2ncc(SCCc3ncc(C(C)(C)C)o3)s2)cc1. The van der Waals surface area contributed by atoms with Crippen molar-refractivity contribution in [3.63, 3.8) is 0 Å². The zero-order valence-corrected chi connectivity index (χ0v) is 22.1. The molecule has 1 N–H and O–H groups in total. The fraction of sp³-hybridized carbons (Fsp3) is 0.440. The van der Waals surface area contributed by atoms with Gasteiger partial charge in [0.25, 0.3) is 0 Å². The largest absolute Gasteiger partial charge is 0.494 e. The number of carbonyl (C=O) groups is 2. The zero-order valence-electron chi connectivity index (χ0n) is 20.5. The van der Waals surface area contributed by atoms with Crippen LogP contribution in [-0.4, -0.2) is 41.3 Å². The number of esters is 1. The van der Waals surface area contributed by atoms with Crippen molar-refractivity contribution in [2.24, 2.45) is 0 Å². The van der Waals surface area contributed by atoms with Crippen molar-refractivity contribution in [3.8, 4) is 5.75 Å². The molecule has 1 amide bonds. The molecule has 35 heavy (non-hydrogen) atoms. The smallest absolute Gasteiger partial charge is 0.305 e. The van der Waals surface area contributed by atoms with E-state index in [-0.39, 0.29) is 23.7 Å². The van der Waals surface area contributed by atoms with E-state index >= 15 is 0 Å². The molecule has 3 aromatic rings. The maximum absolute atomic E-state index is 12.4. The van der Waals surface area contributed by atoms with Crippen LogP contribution in [0.25, 0.3) is 0 Å². The number of hydrogen-bond acceptors (Lipinski definition) is 9. The highest BCUT2D eigenvalue weighted by Gasteiger charge is 2.19. The molecule has 2 heterocycles. The van der Waals surface area contributed by atoms with Gasteiger partial charge in [-0.1, -0.05) is 44.2 Å². The minimum atomic E-state index is -0.248. The number of nitrogens with one attached hydrogen (secondary N) is 1. The number of hydrogen-bond donors (Lipinski definition) is 1. The molecule has 8 nitrogen and oxygen atoms in total. The monoisotopic (exact) mass is 517 g/mol. The number of oxazole rings is 1. The van der Waals surface area contributed by atoms with E-state index < -0.39 is 0 Å². The lowest BCUT2D eigenvalue weighted by Gasteiger charge is -2.13. The van der Waals surface area contributed by atoms with Crippen molar-refractivity contribution < 1.29 is 23.5 Å². The molecule has 10 heteroatoms. The summed E-state index contributed by atoms with van der Waals surface area (Å²) in [6, 6.07) is 7.34. The van der Waals surface area contributed by atoms with E-state index in [0.717, 1.165) is 33.6 Å². The molecule has 0 saturated heterocycles. The van der Waals surface area contributed by atoms with Crippen LogP contribution in [0.4, 0.5) is 5.13 Å². The summed E-state index contributed by atoms with van der Waals surface area (Å²) in [5, 5.41) is 3.44. The summed E-state index contributed by atoms with van der Waals surface area (Å²) < 4.78 is 17.1. The first-order valence-corrected chi connectivity index (χ1v) is 13.2. The van der Waals surface area contributed by atoms with Crippen molar-refractivity contribution in [1.82, 2.24) is 9.97 Å². The summed E-state index contributed by atoms with van der Waals surface area (Å²) in [6.07, 6.45) is 5.45. The number of amides is 1. The summed E-state index contributed by atoms with van der Waals surface area (Å²) in [5.41, 5.74) is 0.822. The molecule has 0 aliphatic carbocycles. The van der Waals surface area contributed by atoms with Gasteiger partial charge in [0.15, 0.2) is 11.0 Å². The zero-order chi connectivity index (χ0) is 25.3. The first-order chi connectivity index (χ1) is 16.7. The Kier molecular flexibility index (Phi) is 9.73. The molecule has 0 atom stereocenters. The van der Waals surface area contributed by atoms with Crippen LogP contribution in [-0.2, 0) is 32.6 Å². The van der Waals surface area contributed by atoms with Gasteiger partial charge >= 0.3 is 5.97 Å². The van der Waals surface area contributed by atoms with Gasteiger partial charge in [0.2, 0.25) is 5.91 Å². The number of benzene rings is 1. The number of rotatable bonds is 12. The molecule has 0 spiro atoms. The highest BCUT2D eigenvalue weighted by Crippen LogP contribution is 2.29. The molecule has 0 unspecified atom stereocenters. The molecule has 2 aromatic heterocycles. The summed E-state index contributed by atoms with van der Waals surface area (Å²) in [5.74, 6) is 2.76. The van der Waals surface area contributed by atoms with Gasteiger partial charge in [-0.15, -0.1) is 11.8 Å². The Balaban J connectivity index is 1.38. The predicted molar refractivity (Wildman–Crippen MR) is 137 cm³/mol. The van der Waals surface area contributed by atoms with Gasteiger partial charge in [-0.2, -0.15) is 0 Å². The van der Waals surface area contributed by atoms with E-state index in [9.17, 15) is 9.59 Å². The van der Waals surface area contributed by atoms with Crippen LogP contribution in [0.3, 0.4) is 0 Å². The highest BCUT2D eigenvalue weighted by molar-refractivity contribution is 8.01. The molecule has 1 aromatic carbocycles. The number of anilines is 1. The number of ether oxygens (including phenoxy) is 2. The summed E-state index contributed by atoms with van der Waals surface area (Å²) >= 11 is 3.11. The predicted octanol–water partition coefficient (Wildman–Crippen LogP) is 5.28. The summed E-state index contributed by atoms with van der Waals surface area (Å²) in [6.45, 7) is 6.72.